The predicted octanol–water partition coefficient (Wildman–Crippen LogP) is 4.51. The fraction of sp³-hybridized carbons (Fsp3) is 0.0476. The molecule has 5 aromatic rings. The SMILES string of the molecule is CC#N.O=[N+]([O-])[O-].O=[N+]([O-])[O-].O=[N+]([O-])[O-].[Er+3].c1cc(-c2nc3ccccc3o2)nc(-c2nc3ccccc3o2)c1. The number of aromatic nitrogens is 3. The van der Waals surface area contributed by atoms with Crippen molar-refractivity contribution < 1.29 is 61.4 Å². The molecule has 211 valence electrons. The third kappa shape index (κ3) is 12.9. The molecule has 0 saturated carbocycles. The molecule has 3 heterocycles. The average molecular weight is 708 g/mol. The maximum absolute atomic E-state index is 8.25. The summed E-state index contributed by atoms with van der Waals surface area (Å²) in [5.74, 6) is 0.961. The monoisotopic (exact) mass is 706 g/mol. The van der Waals surface area contributed by atoms with Crippen molar-refractivity contribution in [2.75, 3.05) is 0 Å². The molecular formula is C21H14ErN7O11. The van der Waals surface area contributed by atoms with Gasteiger partial charge in [0.25, 0.3) is 0 Å². The van der Waals surface area contributed by atoms with E-state index >= 15 is 0 Å². The molecule has 0 aliphatic carbocycles. The normalized spacial score (nSPS) is 8.80. The number of hydrogen-bond donors (Lipinski definition) is 0. The first kappa shape index (κ1) is 34.9. The van der Waals surface area contributed by atoms with E-state index in [1.807, 2.05) is 66.7 Å². The van der Waals surface area contributed by atoms with E-state index in [1.54, 1.807) is 6.07 Å². The molecule has 0 bridgehead atoms. The zero-order valence-corrected chi connectivity index (χ0v) is 21.6. The second-order valence-electron chi connectivity index (χ2n) is 6.28. The molecule has 0 aliphatic rings. The first-order valence-corrected chi connectivity index (χ1v) is 9.92. The summed E-state index contributed by atoms with van der Waals surface area (Å²) in [6.07, 6.45) is 0. The first-order valence-electron chi connectivity index (χ1n) is 9.92. The molecule has 0 N–H and O–H groups in total. The van der Waals surface area contributed by atoms with E-state index in [1.165, 1.54) is 6.92 Å². The van der Waals surface area contributed by atoms with Crippen LogP contribution >= 0.6 is 0 Å². The summed E-state index contributed by atoms with van der Waals surface area (Å²) in [6.45, 7) is 1.43. The zero-order chi connectivity index (χ0) is 29.4. The van der Waals surface area contributed by atoms with Gasteiger partial charge >= 0.3 is 37.3 Å². The standard InChI is InChI=1S/C19H11N3O2.C2H3N.Er.3NO3/c1-3-10-16-12(6-1)21-18(23-16)14-8-5-9-15(20-14)19-22-13-7-2-4-11-17(13)24-19;1-2-3;;3*2-1(3)4/h1-11H;1H3;;;;/q;;+3;3*-1. The van der Waals surface area contributed by atoms with Gasteiger partial charge in [-0.3, -0.25) is 0 Å². The van der Waals surface area contributed by atoms with E-state index < -0.39 is 15.3 Å². The van der Waals surface area contributed by atoms with Gasteiger partial charge in [-0.05, 0) is 36.4 Å². The van der Waals surface area contributed by atoms with Gasteiger partial charge in [-0.15, -0.1) is 0 Å². The molecule has 0 spiro atoms. The quantitative estimate of drug-likeness (QED) is 0.180. The number of oxazole rings is 2. The van der Waals surface area contributed by atoms with Crippen LogP contribution in [0.15, 0.2) is 75.6 Å². The Hall–Kier alpha value is -5.13. The summed E-state index contributed by atoms with van der Waals surface area (Å²) in [7, 11) is 0. The smallest absolute Gasteiger partial charge is 0.435 e. The van der Waals surface area contributed by atoms with Crippen LogP contribution in [-0.4, -0.2) is 30.2 Å². The second-order valence-corrected chi connectivity index (χ2v) is 6.28. The van der Waals surface area contributed by atoms with Crippen LogP contribution in [0, 0.1) is 94.6 Å². The van der Waals surface area contributed by atoms with Crippen molar-refractivity contribution in [1.29, 1.82) is 5.26 Å². The van der Waals surface area contributed by atoms with Crippen LogP contribution in [0.1, 0.15) is 6.92 Å². The van der Waals surface area contributed by atoms with Crippen molar-refractivity contribution in [1.82, 2.24) is 15.0 Å². The van der Waals surface area contributed by atoms with Crippen molar-refractivity contribution in [3.63, 3.8) is 0 Å². The zero-order valence-electron chi connectivity index (χ0n) is 19.8. The topological polar surface area (TPSA) is 287 Å². The summed E-state index contributed by atoms with van der Waals surface area (Å²) >= 11 is 0. The number of benzene rings is 2. The number of hydrogen-bond acceptors (Lipinski definition) is 15. The van der Waals surface area contributed by atoms with Gasteiger partial charge in [-0.1, -0.05) is 30.3 Å². The minimum atomic E-state index is -1.75. The van der Waals surface area contributed by atoms with Crippen LogP contribution in [0.2, 0.25) is 0 Å². The second kappa shape index (κ2) is 18.2. The summed E-state index contributed by atoms with van der Waals surface area (Å²) < 4.78 is 11.6. The van der Waals surface area contributed by atoms with Crippen molar-refractivity contribution in [3.8, 4) is 29.2 Å². The fourth-order valence-corrected chi connectivity index (χ4v) is 2.64. The number of nitriles is 1. The van der Waals surface area contributed by atoms with Crippen molar-refractivity contribution >= 4 is 22.2 Å². The first-order chi connectivity index (χ1) is 18.5. The Labute approximate surface area is 251 Å². The summed E-state index contributed by atoms with van der Waals surface area (Å²) in [5.41, 5.74) is 4.38. The van der Waals surface area contributed by atoms with E-state index in [0.717, 1.165) is 22.2 Å². The minimum absolute atomic E-state index is 0. The van der Waals surface area contributed by atoms with Crippen molar-refractivity contribution in [2.45, 2.75) is 6.92 Å². The van der Waals surface area contributed by atoms with Crippen LogP contribution in [-0.2, 0) is 0 Å². The summed E-state index contributed by atoms with van der Waals surface area (Å²) in [5, 5.41) is 51.6. The number of pyridine rings is 1. The van der Waals surface area contributed by atoms with Crippen LogP contribution in [0.25, 0.3) is 45.4 Å². The Morgan fingerprint density at radius 2 is 0.925 bits per heavy atom. The minimum Gasteiger partial charge on any atom is -0.435 e. The van der Waals surface area contributed by atoms with Crippen LogP contribution in [0.5, 0.6) is 0 Å². The van der Waals surface area contributed by atoms with E-state index in [4.69, 9.17) is 60.1 Å². The number of para-hydroxylation sites is 4. The van der Waals surface area contributed by atoms with E-state index in [-0.39, 0.29) is 37.3 Å². The van der Waals surface area contributed by atoms with Gasteiger partial charge in [0.05, 0.1) is 21.3 Å². The predicted molar refractivity (Wildman–Crippen MR) is 133 cm³/mol. The maximum atomic E-state index is 8.25. The van der Waals surface area contributed by atoms with E-state index in [2.05, 4.69) is 15.0 Å². The van der Waals surface area contributed by atoms with Crippen LogP contribution in [0.4, 0.5) is 0 Å². The van der Waals surface area contributed by atoms with Gasteiger partial charge in [0.15, 0.2) is 11.2 Å². The molecule has 0 amide bonds. The van der Waals surface area contributed by atoms with Gasteiger partial charge in [0, 0.05) is 6.92 Å². The molecular weight excluding hydrogens is 694 g/mol. The molecule has 19 heteroatoms. The molecule has 18 nitrogen and oxygen atoms in total. The largest absolute Gasteiger partial charge is 3.00 e. The van der Waals surface area contributed by atoms with Crippen molar-refractivity contribution in [2.24, 2.45) is 0 Å². The Bertz CT molecular complexity index is 1390. The number of nitrogens with zero attached hydrogens (tertiary/aromatic N) is 7. The molecule has 0 atom stereocenters. The third-order valence-electron chi connectivity index (χ3n) is 3.78. The summed E-state index contributed by atoms with van der Waals surface area (Å²) in [4.78, 5) is 38.3. The van der Waals surface area contributed by atoms with Gasteiger partial charge in [-0.25, -0.2) is 15.0 Å². The Morgan fingerprint density at radius 1 is 0.625 bits per heavy atom. The maximum Gasteiger partial charge on any atom is 3.00 e. The molecule has 0 fully saturated rings. The number of rotatable bonds is 2. The van der Waals surface area contributed by atoms with Gasteiger partial charge in [0.2, 0.25) is 11.8 Å². The van der Waals surface area contributed by atoms with Gasteiger partial charge < -0.3 is 54.8 Å². The van der Waals surface area contributed by atoms with Gasteiger partial charge in [-0.2, -0.15) is 5.26 Å². The van der Waals surface area contributed by atoms with Crippen molar-refractivity contribution in [3.05, 3.63) is 113 Å². The number of fused-ring (bicyclic) bond motifs is 2. The summed E-state index contributed by atoms with van der Waals surface area (Å²) in [6, 6.07) is 22.6. The molecule has 40 heavy (non-hydrogen) atoms. The molecule has 5 rings (SSSR count). The molecule has 0 saturated heterocycles. The molecule has 3 aromatic heterocycles. The van der Waals surface area contributed by atoms with Crippen LogP contribution < -0.4 is 0 Å². The third-order valence-corrected chi connectivity index (χ3v) is 3.78. The Kier molecular flexibility index (Phi) is 15.8. The molecule has 0 unspecified atom stereocenters. The Morgan fingerprint density at radius 3 is 1.23 bits per heavy atom. The fourth-order valence-electron chi connectivity index (χ4n) is 2.64. The van der Waals surface area contributed by atoms with E-state index in [0.29, 0.717) is 23.2 Å². The molecule has 2 aromatic carbocycles. The van der Waals surface area contributed by atoms with Crippen LogP contribution in [0.3, 0.4) is 0 Å². The molecule has 0 aliphatic heterocycles. The Balaban J connectivity index is 0.000000801. The van der Waals surface area contributed by atoms with Gasteiger partial charge in [0.1, 0.15) is 22.4 Å². The average Bonchev–Trinajstić information content (AvgIpc) is 3.48. The molecule has 1 radical (unpaired) electrons. The van der Waals surface area contributed by atoms with E-state index in [9.17, 15) is 0 Å².